The predicted octanol–water partition coefficient (Wildman–Crippen LogP) is -10.2. The van der Waals surface area contributed by atoms with Crippen LogP contribution in [0.3, 0.4) is 0 Å². The van der Waals surface area contributed by atoms with Gasteiger partial charge < -0.3 is 143 Å². The first-order valence-electron chi connectivity index (χ1n) is 39.3. The zero-order valence-corrected chi connectivity index (χ0v) is 70.0. The summed E-state index contributed by atoms with van der Waals surface area (Å²) >= 11 is 0. The number of aliphatic hydroxyl groups excluding tert-OH is 5. The average molecular weight is 1750 g/mol. The Morgan fingerprint density at radius 3 is 1.03 bits per heavy atom. The molecule has 0 fully saturated rings. The van der Waals surface area contributed by atoms with Crippen molar-refractivity contribution in [2.45, 2.75) is 262 Å². The number of carboxylic acids is 4. The fourth-order valence-electron chi connectivity index (χ4n) is 11.5. The third kappa shape index (κ3) is 40.9. The lowest BCUT2D eigenvalue weighted by molar-refractivity contribution is -0.143. The van der Waals surface area contributed by atoms with Crippen LogP contribution in [0.4, 0.5) is 0 Å². The van der Waals surface area contributed by atoms with Crippen molar-refractivity contribution in [3.05, 3.63) is 35.9 Å². The Kier molecular flexibility index (Phi) is 48.0. The summed E-state index contributed by atoms with van der Waals surface area (Å²) in [5, 5.41) is 124. The molecular formula is C75H120N18O30. The molecule has 0 radical (unpaired) electrons. The van der Waals surface area contributed by atoms with Crippen molar-refractivity contribution in [1.29, 1.82) is 0 Å². The van der Waals surface area contributed by atoms with E-state index in [4.69, 9.17) is 17.2 Å². The Morgan fingerprint density at radius 2 is 0.634 bits per heavy atom. The summed E-state index contributed by atoms with van der Waals surface area (Å²) in [6.07, 6.45) is -12.4. The minimum atomic E-state index is -2.12. The lowest BCUT2D eigenvalue weighted by Crippen LogP contribution is -2.63. The zero-order chi connectivity index (χ0) is 94.2. The van der Waals surface area contributed by atoms with Crippen LogP contribution in [0.2, 0.25) is 0 Å². The molecule has 48 nitrogen and oxygen atoms in total. The maximum absolute atomic E-state index is 14.5. The second-order valence-corrected chi connectivity index (χ2v) is 30.7. The third-order valence-electron chi connectivity index (χ3n) is 18.2. The lowest BCUT2D eigenvalue weighted by Gasteiger charge is -2.30. The number of benzene rings is 1. The summed E-state index contributed by atoms with van der Waals surface area (Å²) in [6.45, 7) is 12.0. The average Bonchev–Trinajstić information content (AvgIpc) is 0.850. The number of aliphatic carboxylic acids is 4. The number of carbonyl (C=O) groups is 21. The van der Waals surface area contributed by atoms with E-state index in [1.54, 1.807) is 33.8 Å². The lowest BCUT2D eigenvalue weighted by atomic mass is 9.98. The van der Waals surface area contributed by atoms with Gasteiger partial charge in [-0.2, -0.15) is 0 Å². The number of rotatable bonds is 58. The van der Waals surface area contributed by atoms with Crippen LogP contribution in [0, 0.1) is 23.7 Å². The van der Waals surface area contributed by atoms with Crippen molar-refractivity contribution < 1.29 is 147 Å². The summed E-state index contributed by atoms with van der Waals surface area (Å²) in [5.74, 6) is -28.8. The summed E-state index contributed by atoms with van der Waals surface area (Å²) in [7, 11) is 0. The van der Waals surface area contributed by atoms with Crippen LogP contribution in [0.1, 0.15) is 152 Å². The molecule has 0 unspecified atom stereocenters. The first-order chi connectivity index (χ1) is 57.2. The van der Waals surface area contributed by atoms with Crippen molar-refractivity contribution in [3.8, 4) is 0 Å². The van der Waals surface area contributed by atoms with E-state index in [9.17, 15) is 147 Å². The highest BCUT2D eigenvalue weighted by Crippen LogP contribution is 2.15. The number of amides is 17. The minimum absolute atomic E-state index is 0.0869. The quantitative estimate of drug-likeness (QED) is 0.0288. The molecule has 1 aromatic carbocycles. The molecule has 48 heteroatoms. The van der Waals surface area contributed by atoms with Gasteiger partial charge in [-0.15, -0.1) is 0 Å². The van der Waals surface area contributed by atoms with Gasteiger partial charge in [-0.1, -0.05) is 85.7 Å². The Balaban J connectivity index is 3.58. The molecule has 30 N–H and O–H groups in total. The molecule has 0 bridgehead atoms. The van der Waals surface area contributed by atoms with Crippen LogP contribution in [0.5, 0.6) is 0 Å². The molecule has 17 amide bonds. The van der Waals surface area contributed by atoms with Crippen molar-refractivity contribution in [2.75, 3.05) is 19.8 Å². The molecule has 0 aliphatic rings. The Hall–Kier alpha value is -12.1. The van der Waals surface area contributed by atoms with E-state index >= 15 is 0 Å². The number of nitrogens with one attached hydrogen (secondary N) is 15. The highest BCUT2D eigenvalue weighted by Gasteiger charge is 2.41. The summed E-state index contributed by atoms with van der Waals surface area (Å²) in [5.41, 5.74) is 16.7. The fourth-order valence-corrected chi connectivity index (χ4v) is 11.5. The fraction of sp³-hybridized carbons (Fsp3) is 0.640. The molecule has 0 heterocycles. The number of primary amides is 2. The molecule has 690 valence electrons. The van der Waals surface area contributed by atoms with Crippen LogP contribution in [-0.4, -0.2) is 299 Å². The normalized spacial score (nSPS) is 15.6. The molecule has 0 aromatic heterocycles. The zero-order valence-electron chi connectivity index (χ0n) is 70.0. The number of nitrogens with two attached hydrogens (primary N) is 3. The van der Waals surface area contributed by atoms with Gasteiger partial charge in [0, 0.05) is 32.1 Å². The number of hydrogen-bond donors (Lipinski definition) is 27. The Morgan fingerprint density at radius 1 is 0.325 bits per heavy atom. The van der Waals surface area contributed by atoms with Gasteiger partial charge in [0.25, 0.3) is 0 Å². The first kappa shape index (κ1) is 109. The maximum atomic E-state index is 14.5. The van der Waals surface area contributed by atoms with Gasteiger partial charge in [0.15, 0.2) is 0 Å². The van der Waals surface area contributed by atoms with E-state index in [0.29, 0.717) is 5.56 Å². The van der Waals surface area contributed by atoms with Gasteiger partial charge in [0.05, 0.1) is 50.5 Å². The largest absolute Gasteiger partial charge is 0.481 e. The van der Waals surface area contributed by atoms with E-state index in [1.165, 1.54) is 52.0 Å². The molecule has 0 saturated carbocycles. The van der Waals surface area contributed by atoms with Crippen molar-refractivity contribution >= 4 is 124 Å². The number of carbonyl (C=O) groups excluding carboxylic acids is 17. The van der Waals surface area contributed by atoms with Crippen molar-refractivity contribution in [3.63, 3.8) is 0 Å². The van der Waals surface area contributed by atoms with E-state index in [-0.39, 0.29) is 31.6 Å². The van der Waals surface area contributed by atoms with Crippen LogP contribution >= 0.6 is 0 Å². The number of carboxylic acid groups (broad SMARTS) is 4. The summed E-state index contributed by atoms with van der Waals surface area (Å²) in [4.78, 5) is 278. The van der Waals surface area contributed by atoms with Gasteiger partial charge in [-0.25, -0.2) is 4.79 Å². The third-order valence-corrected chi connectivity index (χ3v) is 18.2. The molecule has 1 aromatic rings. The molecule has 0 aliphatic heterocycles. The van der Waals surface area contributed by atoms with Crippen LogP contribution in [0.15, 0.2) is 30.3 Å². The SMILES string of the molecule is CC(C)C[C@H](NC(=O)[C@H](CO)NC(=O)[C@H](CCC(=O)O)NC(=O)[C@H](CCC(=O)O)NC(=O)[C@@H](NC(=O)[C@H](Cc1ccccc1)NC(=O)[C@H](CCC(=O)O)NC(=O)[C@@H](NC(=O)[C@H](CC(C)C)NC(=O)[C@H](CC(N)=O)NC(=O)[C@H](CO)NC(=O)CNC(=O)[C@@H](NC(=O)[C@@H](NC(=O)[C@@H](NC(=O)[C@@H](N)CCC(N)=O)C(C)C)[C@@H](C)O)[C@@H](C)O)C(C)C)[C@@H](C)O)C(=O)O. The van der Waals surface area contributed by atoms with E-state index in [2.05, 4.69) is 79.8 Å². The van der Waals surface area contributed by atoms with E-state index in [1.807, 2.05) is 0 Å². The molecule has 0 aliphatic carbocycles. The van der Waals surface area contributed by atoms with Crippen LogP contribution in [-0.2, 0) is 107 Å². The van der Waals surface area contributed by atoms with E-state index in [0.717, 1.165) is 20.8 Å². The van der Waals surface area contributed by atoms with Gasteiger partial charge in [0.1, 0.15) is 84.6 Å². The monoisotopic (exact) mass is 1750 g/mol. The van der Waals surface area contributed by atoms with E-state index < -0.39 is 322 Å². The van der Waals surface area contributed by atoms with Gasteiger partial charge in [-0.3, -0.25) is 95.9 Å². The Labute approximate surface area is 706 Å². The van der Waals surface area contributed by atoms with Crippen LogP contribution < -0.4 is 97.0 Å². The predicted molar refractivity (Wildman–Crippen MR) is 426 cm³/mol. The maximum Gasteiger partial charge on any atom is 0.326 e. The van der Waals surface area contributed by atoms with Crippen molar-refractivity contribution in [2.24, 2.45) is 40.9 Å². The molecule has 18 atom stereocenters. The smallest absolute Gasteiger partial charge is 0.326 e. The second kappa shape index (κ2) is 54.3. The molecule has 0 spiro atoms. The standard InChI is InChI=1S/C75H120N18O30/c1-32(2)25-44(84-65(112)46(28-51(78)100)86-68(115)48(30-94)80-52(101)29-79-70(117)58(36(9)96)92-74(121)60(38(11)98)93-72(119)57(35(7)8)89-61(108)40(76)17-21-50(77)99)66(113)90-56(34(5)6)71(118)82-43(20-24-55(106)107)63(110)85-45(27-39-15-13-12-14-16-39)67(114)91-59(37(10)97)73(120)83-42(19-23-54(104)105)62(109)81-41(18-22-53(102)103)64(111)88-49(31-95)69(116)87-47(75(122)123)26-33(3)4/h12-16,32-38,40-49,56-60,94-98H,17-31,76H2,1-11H3,(H2,77,99)(H2,78,100)(H,79,117)(H,80,101)(H,81,109)(H,82,118)(H,83,120)(H,84,112)(H,85,110)(H,86,115)(H,87,116)(H,88,111)(H,89,108)(H,90,113)(H,91,114)(H,92,121)(H,93,119)(H,102,103)(H,104,105)(H,106,107)(H,122,123)/t36-,37-,38-,40+,41+,42+,43+,44+,45+,46+,47+,48+,49+,56+,57+,58+,59+,60+/m1/s1. The van der Waals surface area contributed by atoms with Gasteiger partial charge in [0.2, 0.25) is 100 Å². The number of hydrogen-bond acceptors (Lipinski definition) is 27. The number of aliphatic hydroxyl groups is 5. The molecular weight excluding hydrogens is 1630 g/mol. The first-order valence-corrected chi connectivity index (χ1v) is 39.3. The highest BCUT2D eigenvalue weighted by molar-refractivity contribution is 6.02. The van der Waals surface area contributed by atoms with Crippen molar-refractivity contribution in [1.82, 2.24) is 79.8 Å². The second-order valence-electron chi connectivity index (χ2n) is 30.7. The van der Waals surface area contributed by atoms with Gasteiger partial charge in [-0.05, 0) is 88.5 Å². The minimum Gasteiger partial charge on any atom is -0.481 e. The highest BCUT2D eigenvalue weighted by atomic mass is 16.4. The summed E-state index contributed by atoms with van der Waals surface area (Å²) in [6, 6.07) is -19.3. The molecule has 0 saturated heterocycles. The Bertz CT molecular complexity index is 3850. The molecule has 1 rings (SSSR count). The molecule has 123 heavy (non-hydrogen) atoms. The van der Waals surface area contributed by atoms with Crippen LogP contribution in [0.25, 0.3) is 0 Å². The topological polar surface area (TPSA) is 799 Å². The van der Waals surface area contributed by atoms with Gasteiger partial charge >= 0.3 is 23.9 Å². The summed E-state index contributed by atoms with van der Waals surface area (Å²) < 4.78 is 0.